The molecule has 1 saturated carbocycles. The molecule has 0 N–H and O–H groups in total. The van der Waals surface area contributed by atoms with Crippen molar-refractivity contribution in [3.63, 3.8) is 0 Å². The van der Waals surface area contributed by atoms with E-state index in [2.05, 4.69) is 54.3 Å². The molecule has 3 heterocycles. The van der Waals surface area contributed by atoms with Crippen molar-refractivity contribution < 1.29 is 18.0 Å². The quantitative estimate of drug-likeness (QED) is 0.191. The van der Waals surface area contributed by atoms with E-state index in [-0.39, 0.29) is 28.9 Å². The number of rotatable bonds is 5. The van der Waals surface area contributed by atoms with Crippen LogP contribution in [0, 0.1) is 19.8 Å². The van der Waals surface area contributed by atoms with Gasteiger partial charge in [-0.2, -0.15) is 23.4 Å². The minimum Gasteiger partial charge on any atom is -0.265 e. The lowest BCUT2D eigenvalue weighted by atomic mass is 9.77. The molecule has 6 nitrogen and oxygen atoms in total. The van der Waals surface area contributed by atoms with Crippen molar-refractivity contribution in [1.29, 1.82) is 0 Å². The second-order valence-corrected chi connectivity index (χ2v) is 13.2. The highest BCUT2D eigenvalue weighted by Crippen LogP contribution is 2.45. The van der Waals surface area contributed by atoms with Gasteiger partial charge < -0.3 is 0 Å². The summed E-state index contributed by atoms with van der Waals surface area (Å²) in [6, 6.07) is 25.5. The zero-order valence-electron chi connectivity index (χ0n) is 27.3. The van der Waals surface area contributed by atoms with Crippen LogP contribution < -0.4 is 0 Å². The molecule has 7 rings (SSSR count). The van der Waals surface area contributed by atoms with E-state index in [9.17, 15) is 18.0 Å². The van der Waals surface area contributed by atoms with Crippen LogP contribution in [-0.4, -0.2) is 31.2 Å². The molecular formula is C39H36F3N5O. The first-order chi connectivity index (χ1) is 23.0. The van der Waals surface area contributed by atoms with E-state index in [0.717, 1.165) is 63.4 Å². The van der Waals surface area contributed by atoms with Crippen molar-refractivity contribution in [2.45, 2.75) is 65.1 Å². The molecule has 1 amide bonds. The summed E-state index contributed by atoms with van der Waals surface area (Å²) < 4.78 is 44.1. The van der Waals surface area contributed by atoms with E-state index < -0.39 is 23.8 Å². The Balaban J connectivity index is 1.32. The SMILES string of the molecule is Cc1ccc(C=C2CCCC3C2=NN(C(=O)c2cc4nc(-c5ccc(C(C)C)cc5)cc(C(F)(F)F)n4n2)C3c2ccc(C)cc2)cc1. The van der Waals surface area contributed by atoms with E-state index in [1.165, 1.54) is 16.6 Å². The summed E-state index contributed by atoms with van der Waals surface area (Å²) in [6.07, 6.45) is -0.0242. The van der Waals surface area contributed by atoms with Gasteiger partial charge in [-0.1, -0.05) is 97.8 Å². The van der Waals surface area contributed by atoms with Gasteiger partial charge in [0.2, 0.25) is 0 Å². The van der Waals surface area contributed by atoms with Crippen molar-refractivity contribution >= 4 is 23.3 Å². The fraction of sp³-hybridized carbons (Fsp3) is 0.282. The first kappa shape index (κ1) is 31.5. The Morgan fingerprint density at radius 2 is 1.58 bits per heavy atom. The molecule has 2 aliphatic rings. The average Bonchev–Trinajstić information content (AvgIpc) is 3.68. The van der Waals surface area contributed by atoms with Gasteiger partial charge in [0.25, 0.3) is 5.91 Å². The molecule has 5 aromatic rings. The summed E-state index contributed by atoms with van der Waals surface area (Å²) in [4.78, 5) is 18.9. The van der Waals surface area contributed by atoms with Gasteiger partial charge in [-0.3, -0.25) is 4.79 Å². The van der Waals surface area contributed by atoms with Gasteiger partial charge >= 0.3 is 6.18 Å². The summed E-state index contributed by atoms with van der Waals surface area (Å²) >= 11 is 0. The van der Waals surface area contributed by atoms with Crippen molar-refractivity contribution in [3.05, 3.63) is 130 Å². The lowest BCUT2D eigenvalue weighted by Crippen LogP contribution is -2.32. The Morgan fingerprint density at radius 1 is 0.917 bits per heavy atom. The lowest BCUT2D eigenvalue weighted by molar-refractivity contribution is -0.142. The molecule has 3 aromatic carbocycles. The van der Waals surface area contributed by atoms with Gasteiger partial charge in [-0.15, -0.1) is 0 Å². The molecule has 2 aromatic heterocycles. The molecule has 1 aliphatic heterocycles. The number of nitrogens with zero attached hydrogens (tertiary/aromatic N) is 5. The summed E-state index contributed by atoms with van der Waals surface area (Å²) in [5.74, 6) is -0.360. The number of alkyl halides is 3. The molecule has 2 unspecified atom stereocenters. The van der Waals surface area contributed by atoms with Crippen LogP contribution in [-0.2, 0) is 6.18 Å². The zero-order chi connectivity index (χ0) is 33.7. The van der Waals surface area contributed by atoms with Crippen molar-refractivity contribution in [1.82, 2.24) is 19.6 Å². The first-order valence-electron chi connectivity index (χ1n) is 16.3. The number of benzene rings is 3. The first-order valence-corrected chi connectivity index (χ1v) is 16.3. The third-order valence-electron chi connectivity index (χ3n) is 9.36. The van der Waals surface area contributed by atoms with Crippen molar-refractivity contribution in [2.24, 2.45) is 11.0 Å². The highest BCUT2D eigenvalue weighted by Gasteiger charge is 2.45. The molecule has 0 radical (unpaired) electrons. The van der Waals surface area contributed by atoms with E-state index in [1.54, 1.807) is 12.1 Å². The number of aryl methyl sites for hydroxylation is 2. The second-order valence-electron chi connectivity index (χ2n) is 13.2. The van der Waals surface area contributed by atoms with Crippen LogP contribution in [0.4, 0.5) is 13.2 Å². The number of hydrogen-bond acceptors (Lipinski definition) is 4. The fourth-order valence-electron chi connectivity index (χ4n) is 6.71. The molecule has 0 saturated heterocycles. The molecule has 0 spiro atoms. The number of hydrazone groups is 1. The Morgan fingerprint density at radius 3 is 2.23 bits per heavy atom. The van der Waals surface area contributed by atoms with E-state index in [1.807, 2.05) is 50.2 Å². The predicted octanol–water partition coefficient (Wildman–Crippen LogP) is 9.59. The largest absolute Gasteiger partial charge is 0.433 e. The number of carbonyl (C=O) groups excluding carboxylic acids is 1. The van der Waals surface area contributed by atoms with Crippen LogP contribution in [0.1, 0.15) is 89.1 Å². The summed E-state index contributed by atoms with van der Waals surface area (Å²) in [5.41, 5.74) is 6.67. The summed E-state index contributed by atoms with van der Waals surface area (Å²) in [6.45, 7) is 8.15. The molecule has 244 valence electrons. The van der Waals surface area contributed by atoms with E-state index >= 15 is 0 Å². The monoisotopic (exact) mass is 647 g/mol. The van der Waals surface area contributed by atoms with Crippen molar-refractivity contribution in [2.75, 3.05) is 0 Å². The van der Waals surface area contributed by atoms with E-state index in [4.69, 9.17) is 5.10 Å². The maximum Gasteiger partial charge on any atom is 0.433 e. The minimum absolute atomic E-state index is 0.0628. The van der Waals surface area contributed by atoms with Gasteiger partial charge in [0.1, 0.15) is 0 Å². The maximum atomic E-state index is 14.4. The Labute approximate surface area is 277 Å². The third-order valence-corrected chi connectivity index (χ3v) is 9.36. The molecule has 2 atom stereocenters. The fourth-order valence-corrected chi connectivity index (χ4v) is 6.71. The second kappa shape index (κ2) is 12.2. The van der Waals surface area contributed by atoms with Gasteiger partial charge in [-0.25, -0.2) is 14.5 Å². The van der Waals surface area contributed by atoms with Crippen LogP contribution in [0.15, 0.2) is 95.6 Å². The molecule has 1 fully saturated rings. The lowest BCUT2D eigenvalue weighted by Gasteiger charge is -2.29. The summed E-state index contributed by atoms with van der Waals surface area (Å²) in [7, 11) is 0. The van der Waals surface area contributed by atoms with Crippen LogP contribution in [0.2, 0.25) is 0 Å². The molecule has 9 heteroatoms. The number of hydrogen-bond donors (Lipinski definition) is 0. The number of allylic oxidation sites excluding steroid dienone is 1. The molecule has 1 aliphatic carbocycles. The number of halogens is 3. The molecular weight excluding hydrogens is 611 g/mol. The zero-order valence-corrected chi connectivity index (χ0v) is 27.3. The normalized spacial score (nSPS) is 18.9. The predicted molar refractivity (Wildman–Crippen MR) is 182 cm³/mol. The highest BCUT2D eigenvalue weighted by molar-refractivity contribution is 6.09. The summed E-state index contributed by atoms with van der Waals surface area (Å²) in [5, 5.41) is 10.6. The van der Waals surface area contributed by atoms with Gasteiger partial charge in [0, 0.05) is 17.5 Å². The maximum absolute atomic E-state index is 14.4. The topological polar surface area (TPSA) is 62.9 Å². The Kier molecular flexibility index (Phi) is 8.01. The molecule has 48 heavy (non-hydrogen) atoms. The highest BCUT2D eigenvalue weighted by atomic mass is 19.4. The number of carbonyl (C=O) groups is 1. The molecule has 0 bridgehead atoms. The van der Waals surface area contributed by atoms with Crippen LogP contribution >= 0.6 is 0 Å². The average molecular weight is 648 g/mol. The smallest absolute Gasteiger partial charge is 0.265 e. The van der Waals surface area contributed by atoms with Gasteiger partial charge in [-0.05, 0) is 73.4 Å². The Hall–Kier alpha value is -5.05. The van der Waals surface area contributed by atoms with Crippen LogP contribution in [0.25, 0.3) is 23.0 Å². The van der Waals surface area contributed by atoms with Gasteiger partial charge in [0.05, 0.1) is 17.4 Å². The van der Waals surface area contributed by atoms with Crippen LogP contribution in [0.5, 0.6) is 0 Å². The van der Waals surface area contributed by atoms with Gasteiger partial charge in [0.15, 0.2) is 17.0 Å². The van der Waals surface area contributed by atoms with Crippen molar-refractivity contribution in [3.8, 4) is 11.3 Å². The number of amides is 1. The minimum atomic E-state index is -4.73. The standard InChI is InChI=1S/C39H36F3N5O/c1-23(2)27-16-18-28(19-17-27)32-21-34(39(40,41)42)46-35(43-32)22-33(44-46)38(48)47-37(29-14-10-25(4)11-15-29)31-7-5-6-30(36(31)45-47)20-26-12-8-24(3)9-13-26/h8-23,31,37H,5-7H2,1-4H3. The Bertz CT molecular complexity index is 2060. The number of aromatic nitrogens is 3. The van der Waals surface area contributed by atoms with E-state index in [0.29, 0.717) is 5.56 Å². The van der Waals surface area contributed by atoms with Crippen LogP contribution in [0.3, 0.4) is 0 Å². The number of fused-ring (bicyclic) bond motifs is 2. The third kappa shape index (κ3) is 5.93.